The number of likely N-dealkylation sites (tertiary alicyclic amines) is 1. The molecule has 0 bridgehead atoms. The average Bonchev–Trinajstić information content (AvgIpc) is 2.44. The second-order valence-electron chi connectivity index (χ2n) is 4.68. The van der Waals surface area contributed by atoms with Crippen LogP contribution in [0.25, 0.3) is 0 Å². The summed E-state index contributed by atoms with van der Waals surface area (Å²) in [7, 11) is 0. The van der Waals surface area contributed by atoms with Gasteiger partial charge in [0, 0.05) is 31.5 Å². The van der Waals surface area contributed by atoms with E-state index in [0.29, 0.717) is 19.4 Å². The molecule has 1 heterocycles. The van der Waals surface area contributed by atoms with E-state index in [1.54, 1.807) is 11.8 Å². The van der Waals surface area contributed by atoms with Gasteiger partial charge in [0.05, 0.1) is 6.10 Å². The molecule has 1 aliphatic heterocycles. The third-order valence-corrected chi connectivity index (χ3v) is 2.73. The summed E-state index contributed by atoms with van der Waals surface area (Å²) in [4.78, 5) is 24.5. The summed E-state index contributed by atoms with van der Waals surface area (Å²) in [5, 5.41) is 9.53. The number of aliphatic hydroxyl groups excluding tert-OH is 1. The molecule has 0 radical (unpaired) electrons. The minimum absolute atomic E-state index is 0.0395. The molecule has 16 heavy (non-hydrogen) atoms. The van der Waals surface area contributed by atoms with Crippen LogP contribution in [0.4, 0.5) is 0 Å². The summed E-state index contributed by atoms with van der Waals surface area (Å²) < 4.78 is 0. The van der Waals surface area contributed by atoms with E-state index in [1.807, 2.05) is 0 Å². The third-order valence-electron chi connectivity index (χ3n) is 2.73. The van der Waals surface area contributed by atoms with Crippen molar-refractivity contribution in [2.24, 2.45) is 5.73 Å². The van der Waals surface area contributed by atoms with Gasteiger partial charge in [-0.1, -0.05) is 0 Å². The Morgan fingerprint density at radius 2 is 2.19 bits per heavy atom. The Balaban J connectivity index is 2.61. The quantitative estimate of drug-likeness (QED) is 0.690. The van der Waals surface area contributed by atoms with Crippen molar-refractivity contribution in [3.8, 4) is 0 Å². The smallest absolute Gasteiger partial charge is 0.224 e. The fraction of sp³-hybridized carbons (Fsp3) is 0.818. The van der Waals surface area contributed by atoms with Gasteiger partial charge in [-0.3, -0.25) is 9.59 Å². The number of aliphatic hydroxyl groups is 1. The minimum atomic E-state index is -0.513. The molecule has 1 amide bonds. The maximum Gasteiger partial charge on any atom is 0.224 e. The second-order valence-corrected chi connectivity index (χ2v) is 4.68. The number of rotatable bonds is 4. The van der Waals surface area contributed by atoms with E-state index in [1.165, 1.54) is 6.92 Å². The number of β-amino-alcohol motifs (C(OH)–C–C–N with tert-alkyl or cyclic N) is 1. The van der Waals surface area contributed by atoms with Crippen LogP contribution in [-0.4, -0.2) is 46.4 Å². The molecule has 92 valence electrons. The van der Waals surface area contributed by atoms with Crippen molar-refractivity contribution >= 4 is 11.7 Å². The molecule has 0 aliphatic carbocycles. The van der Waals surface area contributed by atoms with Crippen LogP contribution in [0, 0.1) is 0 Å². The van der Waals surface area contributed by atoms with E-state index in [-0.39, 0.29) is 30.2 Å². The number of carbonyl (C=O) groups is 2. The van der Waals surface area contributed by atoms with Crippen LogP contribution in [0.3, 0.4) is 0 Å². The Morgan fingerprint density at radius 3 is 2.69 bits per heavy atom. The largest absolute Gasteiger partial charge is 0.391 e. The number of Topliss-reactive ketones (excluding diaryl/α,β-unsaturated/α-hetero) is 1. The summed E-state index contributed by atoms with van der Waals surface area (Å²) in [5.41, 5.74) is 5.57. The summed E-state index contributed by atoms with van der Waals surface area (Å²) in [6.07, 6.45) is 0.564. The maximum absolute atomic E-state index is 11.8. The molecular formula is C11H20N2O3. The Labute approximate surface area is 95.6 Å². The van der Waals surface area contributed by atoms with Gasteiger partial charge in [0.15, 0.2) is 0 Å². The van der Waals surface area contributed by atoms with E-state index in [4.69, 9.17) is 5.73 Å². The van der Waals surface area contributed by atoms with Crippen LogP contribution < -0.4 is 5.73 Å². The summed E-state index contributed by atoms with van der Waals surface area (Å²) in [6.45, 7) is 3.59. The normalized spacial score (nSPS) is 26.9. The van der Waals surface area contributed by atoms with Gasteiger partial charge in [0.2, 0.25) is 5.91 Å². The molecule has 0 saturated carbocycles. The number of nitrogens with two attached hydrogens (primary N) is 1. The number of nitrogens with zero attached hydrogens (tertiary/aromatic N) is 1. The van der Waals surface area contributed by atoms with Gasteiger partial charge in [0.1, 0.15) is 5.78 Å². The lowest BCUT2D eigenvalue weighted by Gasteiger charge is -2.24. The van der Waals surface area contributed by atoms with Gasteiger partial charge < -0.3 is 15.7 Å². The van der Waals surface area contributed by atoms with E-state index in [2.05, 4.69) is 0 Å². The Hall–Kier alpha value is -0.940. The lowest BCUT2D eigenvalue weighted by atomic mass is 10.1. The highest BCUT2D eigenvalue weighted by atomic mass is 16.3. The first kappa shape index (κ1) is 13.1. The zero-order chi connectivity index (χ0) is 12.3. The first-order valence-corrected chi connectivity index (χ1v) is 5.62. The second kappa shape index (κ2) is 5.41. The molecule has 1 fully saturated rings. The van der Waals surface area contributed by atoms with Crippen molar-refractivity contribution in [2.75, 3.05) is 6.54 Å². The zero-order valence-electron chi connectivity index (χ0n) is 9.85. The lowest BCUT2D eigenvalue weighted by Crippen LogP contribution is -2.39. The number of amides is 1. The first-order chi connectivity index (χ1) is 7.40. The van der Waals surface area contributed by atoms with Crippen LogP contribution >= 0.6 is 0 Å². The number of carbonyl (C=O) groups excluding carboxylic acids is 2. The number of ketones is 1. The molecule has 0 aromatic carbocycles. The molecule has 1 unspecified atom stereocenters. The summed E-state index contributed by atoms with van der Waals surface area (Å²) in [6, 6.07) is -0.345. The third kappa shape index (κ3) is 3.57. The summed E-state index contributed by atoms with van der Waals surface area (Å²) >= 11 is 0. The Kier molecular flexibility index (Phi) is 4.44. The lowest BCUT2D eigenvalue weighted by molar-refractivity contribution is -0.133. The topological polar surface area (TPSA) is 83.6 Å². The van der Waals surface area contributed by atoms with Crippen LogP contribution in [0.2, 0.25) is 0 Å². The van der Waals surface area contributed by atoms with Gasteiger partial charge in [-0.2, -0.15) is 0 Å². The van der Waals surface area contributed by atoms with Gasteiger partial charge >= 0.3 is 0 Å². The van der Waals surface area contributed by atoms with E-state index >= 15 is 0 Å². The van der Waals surface area contributed by atoms with Crippen molar-refractivity contribution < 1.29 is 14.7 Å². The predicted octanol–water partition coefficient (Wildman–Crippen LogP) is -0.335. The van der Waals surface area contributed by atoms with Gasteiger partial charge in [-0.05, 0) is 20.3 Å². The van der Waals surface area contributed by atoms with Crippen molar-refractivity contribution in [2.45, 2.75) is 51.3 Å². The van der Waals surface area contributed by atoms with Crippen molar-refractivity contribution in [3.05, 3.63) is 0 Å². The molecule has 1 aliphatic rings. The molecule has 0 aromatic heterocycles. The molecule has 1 rings (SSSR count). The van der Waals surface area contributed by atoms with Crippen molar-refractivity contribution in [3.63, 3.8) is 0 Å². The minimum Gasteiger partial charge on any atom is -0.391 e. The highest BCUT2D eigenvalue weighted by molar-refractivity contribution is 5.80. The molecule has 5 heteroatoms. The maximum atomic E-state index is 11.8. The van der Waals surface area contributed by atoms with Crippen LogP contribution in [0.5, 0.6) is 0 Å². The highest BCUT2D eigenvalue weighted by Crippen LogP contribution is 2.22. The fourth-order valence-electron chi connectivity index (χ4n) is 2.12. The van der Waals surface area contributed by atoms with Crippen LogP contribution in [-0.2, 0) is 9.59 Å². The molecule has 0 spiro atoms. The summed E-state index contributed by atoms with van der Waals surface area (Å²) in [5.74, 6) is -0.0319. The molecule has 1 saturated heterocycles. The first-order valence-electron chi connectivity index (χ1n) is 5.62. The molecular weight excluding hydrogens is 208 g/mol. The standard InChI is InChI=1S/C11H20N2O3/c1-7(12)3-11(16)13-6-10(15)5-9(13)4-8(2)14/h7,9-10,15H,3-6,12H2,1-2H3/t7-,9+,10?/m0/s1. The monoisotopic (exact) mass is 228 g/mol. The molecule has 3 atom stereocenters. The SMILES string of the molecule is CC(=O)C[C@@H]1CC(O)CN1C(=O)C[C@H](C)N. The fourth-order valence-corrected chi connectivity index (χ4v) is 2.12. The number of hydrogen-bond donors (Lipinski definition) is 2. The zero-order valence-corrected chi connectivity index (χ0v) is 9.85. The molecule has 5 nitrogen and oxygen atoms in total. The van der Waals surface area contributed by atoms with E-state index in [0.717, 1.165) is 0 Å². The van der Waals surface area contributed by atoms with Crippen molar-refractivity contribution in [1.82, 2.24) is 4.90 Å². The Bertz CT molecular complexity index is 278. The van der Waals surface area contributed by atoms with Gasteiger partial charge in [-0.15, -0.1) is 0 Å². The van der Waals surface area contributed by atoms with Gasteiger partial charge in [-0.25, -0.2) is 0 Å². The van der Waals surface area contributed by atoms with Crippen molar-refractivity contribution in [1.29, 1.82) is 0 Å². The predicted molar refractivity (Wildman–Crippen MR) is 59.7 cm³/mol. The van der Waals surface area contributed by atoms with Crippen LogP contribution in [0.15, 0.2) is 0 Å². The molecule has 0 aromatic rings. The number of hydrogen-bond acceptors (Lipinski definition) is 4. The molecule has 3 N–H and O–H groups in total. The van der Waals surface area contributed by atoms with E-state index in [9.17, 15) is 14.7 Å². The van der Waals surface area contributed by atoms with E-state index < -0.39 is 6.10 Å². The van der Waals surface area contributed by atoms with Crippen LogP contribution in [0.1, 0.15) is 33.1 Å². The van der Waals surface area contributed by atoms with Gasteiger partial charge in [0.25, 0.3) is 0 Å². The average molecular weight is 228 g/mol. The highest BCUT2D eigenvalue weighted by Gasteiger charge is 2.34. The Morgan fingerprint density at radius 1 is 1.56 bits per heavy atom.